The maximum Gasteiger partial charge on any atom is 0.0244 e. The summed E-state index contributed by atoms with van der Waals surface area (Å²) in [6, 6.07) is 6.65. The van der Waals surface area contributed by atoms with Crippen LogP contribution in [0.15, 0.2) is 18.2 Å². The monoisotopic (exact) mass is 329 g/mol. The first-order valence-electron chi connectivity index (χ1n) is 6.13. The highest BCUT2D eigenvalue weighted by Crippen LogP contribution is 2.22. The van der Waals surface area contributed by atoms with Crippen molar-refractivity contribution in [3.05, 3.63) is 32.9 Å². The van der Waals surface area contributed by atoms with E-state index >= 15 is 0 Å². The Hall–Kier alpha value is -0.0900. The van der Waals surface area contributed by atoms with E-state index in [1.54, 1.807) is 0 Å². The van der Waals surface area contributed by atoms with Crippen molar-refractivity contribution in [2.75, 3.05) is 13.1 Å². The number of hydrogen-bond donors (Lipinski definition) is 0. The van der Waals surface area contributed by atoms with Crippen molar-refractivity contribution >= 4 is 22.6 Å². The van der Waals surface area contributed by atoms with Crippen molar-refractivity contribution in [1.82, 2.24) is 4.90 Å². The fraction of sp³-hybridized carbons (Fsp3) is 0.571. The Morgan fingerprint density at radius 1 is 1.31 bits per heavy atom. The molecule has 0 amide bonds. The number of hydrogen-bond acceptors (Lipinski definition) is 1. The van der Waals surface area contributed by atoms with Gasteiger partial charge in [-0.05, 0) is 72.5 Å². The van der Waals surface area contributed by atoms with Crippen LogP contribution in [0.5, 0.6) is 0 Å². The lowest BCUT2D eigenvalue weighted by molar-refractivity contribution is 0.185. The summed E-state index contributed by atoms with van der Waals surface area (Å²) >= 11 is 2.48. The lowest BCUT2D eigenvalue weighted by Crippen LogP contribution is -2.32. The minimum Gasteiger partial charge on any atom is -0.299 e. The van der Waals surface area contributed by atoms with Crippen LogP contribution in [0.4, 0.5) is 0 Å². The second-order valence-electron chi connectivity index (χ2n) is 5.01. The van der Waals surface area contributed by atoms with Crippen molar-refractivity contribution in [2.45, 2.75) is 33.2 Å². The molecule has 1 aliphatic rings. The summed E-state index contributed by atoms with van der Waals surface area (Å²) in [7, 11) is 0. The molecule has 1 aromatic rings. The smallest absolute Gasteiger partial charge is 0.0244 e. The van der Waals surface area contributed by atoms with Crippen LogP contribution in [-0.2, 0) is 6.54 Å². The highest BCUT2D eigenvalue weighted by atomic mass is 127. The summed E-state index contributed by atoms with van der Waals surface area (Å²) in [6.07, 6.45) is 2.73. The van der Waals surface area contributed by atoms with Gasteiger partial charge in [0.15, 0.2) is 0 Å². The number of aryl methyl sites for hydroxylation is 1. The van der Waals surface area contributed by atoms with Gasteiger partial charge in [-0.3, -0.25) is 4.90 Å². The Morgan fingerprint density at radius 3 is 2.69 bits per heavy atom. The van der Waals surface area contributed by atoms with Gasteiger partial charge in [0.25, 0.3) is 0 Å². The fourth-order valence-electron chi connectivity index (χ4n) is 2.29. The van der Waals surface area contributed by atoms with E-state index in [4.69, 9.17) is 0 Å². The summed E-state index contributed by atoms with van der Waals surface area (Å²) in [6.45, 7) is 8.24. The van der Waals surface area contributed by atoms with Gasteiger partial charge < -0.3 is 0 Å². The molecule has 1 fully saturated rings. The van der Waals surface area contributed by atoms with Gasteiger partial charge in [0.05, 0.1) is 0 Å². The molecule has 1 saturated heterocycles. The summed E-state index contributed by atoms with van der Waals surface area (Å²) in [5, 5.41) is 0. The van der Waals surface area contributed by atoms with E-state index in [1.165, 1.54) is 40.6 Å². The molecule has 0 aliphatic carbocycles. The SMILES string of the molecule is Cc1cccc(CN2CCC(C)CC2)c1I. The highest BCUT2D eigenvalue weighted by molar-refractivity contribution is 14.1. The fourth-order valence-corrected chi connectivity index (χ4v) is 2.82. The summed E-state index contributed by atoms with van der Waals surface area (Å²) < 4.78 is 1.44. The average molecular weight is 329 g/mol. The van der Waals surface area contributed by atoms with Crippen molar-refractivity contribution in [3.8, 4) is 0 Å². The minimum absolute atomic E-state index is 0.924. The van der Waals surface area contributed by atoms with E-state index in [0.717, 1.165) is 12.5 Å². The zero-order chi connectivity index (χ0) is 11.5. The third kappa shape index (κ3) is 2.98. The largest absolute Gasteiger partial charge is 0.299 e. The van der Waals surface area contributed by atoms with Crippen LogP contribution in [0.1, 0.15) is 30.9 Å². The molecule has 0 atom stereocenters. The molecule has 0 saturated carbocycles. The predicted octanol–water partition coefficient (Wildman–Crippen LogP) is 3.83. The molecule has 0 N–H and O–H groups in total. The first-order valence-corrected chi connectivity index (χ1v) is 7.21. The Morgan fingerprint density at radius 2 is 2.00 bits per heavy atom. The average Bonchev–Trinajstić information content (AvgIpc) is 2.28. The molecule has 16 heavy (non-hydrogen) atoms. The van der Waals surface area contributed by atoms with Crippen LogP contribution in [0.2, 0.25) is 0 Å². The molecule has 1 nitrogen and oxygen atoms in total. The molecule has 0 aromatic heterocycles. The first kappa shape index (κ1) is 12.4. The molecular formula is C14H20IN. The predicted molar refractivity (Wildman–Crippen MR) is 77.6 cm³/mol. The maximum atomic E-state index is 2.59. The van der Waals surface area contributed by atoms with Gasteiger partial charge in [0.2, 0.25) is 0 Å². The molecule has 0 spiro atoms. The quantitative estimate of drug-likeness (QED) is 0.746. The van der Waals surface area contributed by atoms with E-state index in [1.807, 2.05) is 0 Å². The Labute approximate surface area is 112 Å². The highest BCUT2D eigenvalue weighted by Gasteiger charge is 2.16. The van der Waals surface area contributed by atoms with Gasteiger partial charge in [-0.1, -0.05) is 25.1 Å². The molecule has 1 aliphatic heterocycles. The molecule has 2 rings (SSSR count). The number of likely N-dealkylation sites (tertiary alicyclic amines) is 1. The van der Waals surface area contributed by atoms with Gasteiger partial charge >= 0.3 is 0 Å². The molecule has 2 heteroatoms. The summed E-state index contributed by atoms with van der Waals surface area (Å²) in [5.41, 5.74) is 2.90. The topological polar surface area (TPSA) is 3.24 Å². The lowest BCUT2D eigenvalue weighted by Gasteiger charge is -2.30. The number of piperidine rings is 1. The van der Waals surface area contributed by atoms with Gasteiger partial charge in [-0.15, -0.1) is 0 Å². The molecule has 1 heterocycles. The van der Waals surface area contributed by atoms with E-state index in [2.05, 4.69) is 59.5 Å². The number of benzene rings is 1. The number of rotatable bonds is 2. The van der Waals surface area contributed by atoms with Gasteiger partial charge in [0.1, 0.15) is 0 Å². The number of halogens is 1. The Balaban J connectivity index is 2.01. The van der Waals surface area contributed by atoms with E-state index < -0.39 is 0 Å². The Kier molecular flexibility index (Phi) is 4.25. The second kappa shape index (κ2) is 5.50. The number of nitrogens with zero attached hydrogens (tertiary/aromatic N) is 1. The molecular weight excluding hydrogens is 309 g/mol. The van der Waals surface area contributed by atoms with E-state index in [0.29, 0.717) is 0 Å². The van der Waals surface area contributed by atoms with Crippen molar-refractivity contribution in [3.63, 3.8) is 0 Å². The molecule has 1 aromatic carbocycles. The third-order valence-electron chi connectivity index (χ3n) is 3.54. The van der Waals surface area contributed by atoms with Crippen LogP contribution >= 0.6 is 22.6 Å². The second-order valence-corrected chi connectivity index (χ2v) is 6.09. The molecule has 0 radical (unpaired) electrons. The van der Waals surface area contributed by atoms with Crippen LogP contribution in [0, 0.1) is 16.4 Å². The minimum atomic E-state index is 0.924. The Bertz CT molecular complexity index is 354. The zero-order valence-corrected chi connectivity index (χ0v) is 12.3. The van der Waals surface area contributed by atoms with Gasteiger partial charge in [-0.25, -0.2) is 0 Å². The van der Waals surface area contributed by atoms with Crippen LogP contribution in [0.25, 0.3) is 0 Å². The maximum absolute atomic E-state index is 2.59. The normalized spacial score (nSPS) is 18.9. The van der Waals surface area contributed by atoms with Crippen LogP contribution < -0.4 is 0 Å². The van der Waals surface area contributed by atoms with E-state index in [9.17, 15) is 0 Å². The summed E-state index contributed by atoms with van der Waals surface area (Å²) in [4.78, 5) is 2.59. The standard InChI is InChI=1S/C14H20IN/c1-11-6-8-16(9-7-11)10-13-5-3-4-12(2)14(13)15/h3-5,11H,6-10H2,1-2H3. The van der Waals surface area contributed by atoms with Crippen LogP contribution in [-0.4, -0.2) is 18.0 Å². The van der Waals surface area contributed by atoms with Crippen LogP contribution in [0.3, 0.4) is 0 Å². The third-order valence-corrected chi connectivity index (χ3v) is 5.09. The van der Waals surface area contributed by atoms with Crippen molar-refractivity contribution in [1.29, 1.82) is 0 Å². The van der Waals surface area contributed by atoms with E-state index in [-0.39, 0.29) is 0 Å². The lowest BCUT2D eigenvalue weighted by atomic mass is 9.99. The molecule has 0 bridgehead atoms. The molecule has 88 valence electrons. The molecule has 0 unspecified atom stereocenters. The zero-order valence-electron chi connectivity index (χ0n) is 10.2. The van der Waals surface area contributed by atoms with Gasteiger partial charge in [0, 0.05) is 10.1 Å². The van der Waals surface area contributed by atoms with Crippen molar-refractivity contribution in [2.24, 2.45) is 5.92 Å². The first-order chi connectivity index (χ1) is 7.66. The van der Waals surface area contributed by atoms with Gasteiger partial charge in [-0.2, -0.15) is 0 Å². The van der Waals surface area contributed by atoms with Crippen molar-refractivity contribution < 1.29 is 0 Å². The summed E-state index contributed by atoms with van der Waals surface area (Å²) in [5.74, 6) is 0.924.